The largest absolute Gasteiger partial charge is 0.368 e. The van der Waals surface area contributed by atoms with Crippen molar-refractivity contribution >= 4 is 29.1 Å². The molecule has 1 atom stereocenters. The molecule has 2 aromatic rings. The molecule has 1 aromatic heterocycles. The first-order chi connectivity index (χ1) is 16.8. The van der Waals surface area contributed by atoms with Gasteiger partial charge in [-0.05, 0) is 58.0 Å². The lowest BCUT2D eigenvalue weighted by Gasteiger charge is -2.36. The van der Waals surface area contributed by atoms with Crippen LogP contribution in [-0.2, 0) is 10.3 Å². The zero-order valence-electron chi connectivity index (χ0n) is 19.4. The SMILES string of the molecule is CN1CCC(N2CC(OC3CC3)(c3nc(N)ncc3C(=O)Nc3c(Cl)ccc(F)c3F)CN2)CC1. The minimum Gasteiger partial charge on any atom is -0.368 e. The van der Waals surface area contributed by atoms with E-state index in [1.54, 1.807) is 0 Å². The number of nitrogens with one attached hydrogen (secondary N) is 2. The van der Waals surface area contributed by atoms with Gasteiger partial charge in [0, 0.05) is 25.3 Å². The maximum absolute atomic E-state index is 14.4. The summed E-state index contributed by atoms with van der Waals surface area (Å²) in [6, 6.07) is 2.38. The van der Waals surface area contributed by atoms with Crippen molar-refractivity contribution in [1.29, 1.82) is 0 Å². The molecule has 4 N–H and O–H groups in total. The molecule has 9 nitrogen and oxygen atoms in total. The Balaban J connectivity index is 1.47. The molecule has 1 unspecified atom stereocenters. The molecule has 1 saturated carbocycles. The minimum atomic E-state index is -1.25. The lowest BCUT2D eigenvalue weighted by molar-refractivity contribution is -0.0525. The summed E-state index contributed by atoms with van der Waals surface area (Å²) in [5.74, 6) is -3.12. The summed E-state index contributed by atoms with van der Waals surface area (Å²) in [7, 11) is 2.11. The summed E-state index contributed by atoms with van der Waals surface area (Å²) in [5, 5.41) is 4.42. The molecule has 12 heteroatoms. The van der Waals surface area contributed by atoms with Gasteiger partial charge >= 0.3 is 0 Å². The number of carbonyl (C=O) groups excluding carboxylic acids is 1. The van der Waals surface area contributed by atoms with Gasteiger partial charge in [0.25, 0.3) is 5.91 Å². The third-order valence-corrected chi connectivity index (χ3v) is 7.12. The van der Waals surface area contributed by atoms with E-state index in [4.69, 9.17) is 22.1 Å². The summed E-state index contributed by atoms with van der Waals surface area (Å²) in [5.41, 5.74) is 8.35. The Hall–Kier alpha value is -2.44. The zero-order chi connectivity index (χ0) is 24.7. The van der Waals surface area contributed by atoms with Crippen molar-refractivity contribution in [2.24, 2.45) is 0 Å². The third kappa shape index (κ3) is 4.96. The number of ether oxygens (including phenoxy) is 1. The van der Waals surface area contributed by atoms with Crippen molar-refractivity contribution in [3.05, 3.63) is 46.2 Å². The number of nitrogens with zero attached hydrogens (tertiary/aromatic N) is 4. The van der Waals surface area contributed by atoms with Crippen LogP contribution >= 0.6 is 11.6 Å². The Morgan fingerprint density at radius 3 is 2.74 bits per heavy atom. The second-order valence-corrected chi connectivity index (χ2v) is 9.88. The quantitative estimate of drug-likeness (QED) is 0.512. The Labute approximate surface area is 206 Å². The van der Waals surface area contributed by atoms with E-state index in [2.05, 4.69) is 37.7 Å². The first-order valence-electron chi connectivity index (χ1n) is 11.7. The molecule has 0 spiro atoms. The van der Waals surface area contributed by atoms with Crippen LogP contribution in [0.15, 0.2) is 18.3 Å². The van der Waals surface area contributed by atoms with Gasteiger partial charge in [-0.15, -0.1) is 0 Å². The van der Waals surface area contributed by atoms with Gasteiger partial charge in [-0.2, -0.15) is 0 Å². The van der Waals surface area contributed by atoms with E-state index in [1.165, 1.54) is 12.3 Å². The predicted molar refractivity (Wildman–Crippen MR) is 127 cm³/mol. The van der Waals surface area contributed by atoms with Crippen molar-refractivity contribution in [1.82, 2.24) is 25.3 Å². The van der Waals surface area contributed by atoms with Gasteiger partial charge in [0.2, 0.25) is 5.95 Å². The fourth-order valence-corrected chi connectivity index (χ4v) is 4.90. The van der Waals surface area contributed by atoms with Crippen LogP contribution < -0.4 is 16.5 Å². The van der Waals surface area contributed by atoms with Gasteiger partial charge in [-0.25, -0.2) is 23.8 Å². The number of amides is 1. The maximum atomic E-state index is 14.4. The summed E-state index contributed by atoms with van der Waals surface area (Å²) in [4.78, 5) is 24.0. The Morgan fingerprint density at radius 2 is 2.03 bits per heavy atom. The van der Waals surface area contributed by atoms with Gasteiger partial charge in [0.05, 0.1) is 28.1 Å². The summed E-state index contributed by atoms with van der Waals surface area (Å²) >= 11 is 6.03. The van der Waals surface area contributed by atoms with Gasteiger partial charge < -0.3 is 20.7 Å². The maximum Gasteiger partial charge on any atom is 0.259 e. The Morgan fingerprint density at radius 1 is 1.29 bits per heavy atom. The monoisotopic (exact) mass is 507 g/mol. The number of hydrazine groups is 1. The van der Waals surface area contributed by atoms with Crippen molar-refractivity contribution in [2.75, 3.05) is 44.3 Å². The number of halogens is 3. The second kappa shape index (κ2) is 9.55. The van der Waals surface area contributed by atoms with Crippen LogP contribution in [0, 0.1) is 11.6 Å². The molecule has 188 valence electrons. The highest BCUT2D eigenvalue weighted by Crippen LogP contribution is 2.40. The van der Waals surface area contributed by atoms with E-state index in [1.807, 2.05) is 0 Å². The van der Waals surface area contributed by atoms with Crippen LogP contribution in [0.3, 0.4) is 0 Å². The number of anilines is 2. The summed E-state index contributed by atoms with van der Waals surface area (Å²) < 4.78 is 34.7. The number of benzene rings is 1. The van der Waals surface area contributed by atoms with Crippen LogP contribution in [0.5, 0.6) is 0 Å². The molecule has 3 fully saturated rings. The molecule has 35 heavy (non-hydrogen) atoms. The molecule has 1 aliphatic carbocycles. The van der Waals surface area contributed by atoms with Gasteiger partial charge in [-0.3, -0.25) is 10.2 Å². The number of hydrogen-bond acceptors (Lipinski definition) is 8. The molecule has 1 aromatic carbocycles. The molecule has 0 radical (unpaired) electrons. The molecule has 3 heterocycles. The van der Waals surface area contributed by atoms with Crippen LogP contribution in [-0.4, -0.2) is 71.2 Å². The normalized spacial score (nSPS) is 24.1. The van der Waals surface area contributed by atoms with Gasteiger partial charge in [-0.1, -0.05) is 11.6 Å². The Bertz CT molecular complexity index is 1130. The predicted octanol–water partition coefficient (Wildman–Crippen LogP) is 2.53. The lowest BCUT2D eigenvalue weighted by atomic mass is 9.94. The van der Waals surface area contributed by atoms with E-state index < -0.39 is 28.8 Å². The van der Waals surface area contributed by atoms with Gasteiger partial charge in [0.1, 0.15) is 5.60 Å². The number of rotatable bonds is 6. The summed E-state index contributed by atoms with van der Waals surface area (Å²) in [6.07, 6.45) is 5.18. The molecule has 5 rings (SSSR count). The number of likely N-dealkylation sites (tertiary alicyclic amines) is 1. The van der Waals surface area contributed by atoms with Crippen LogP contribution in [0.4, 0.5) is 20.4 Å². The highest BCUT2D eigenvalue weighted by molar-refractivity contribution is 6.34. The van der Waals surface area contributed by atoms with E-state index in [0.717, 1.165) is 44.8 Å². The van der Waals surface area contributed by atoms with Crippen LogP contribution in [0.25, 0.3) is 0 Å². The average Bonchev–Trinajstić information content (AvgIpc) is 3.55. The third-order valence-electron chi connectivity index (χ3n) is 6.81. The number of carbonyl (C=O) groups is 1. The molecule has 2 aliphatic heterocycles. The zero-order valence-corrected chi connectivity index (χ0v) is 20.1. The number of nitrogens with two attached hydrogens (primary N) is 1. The number of piperidine rings is 1. The van der Waals surface area contributed by atoms with E-state index in [9.17, 15) is 13.6 Å². The molecule has 2 saturated heterocycles. The second-order valence-electron chi connectivity index (χ2n) is 9.47. The lowest BCUT2D eigenvalue weighted by Crippen LogP contribution is -2.47. The van der Waals surface area contributed by atoms with Crippen molar-refractivity contribution in [3.8, 4) is 0 Å². The minimum absolute atomic E-state index is 0.0111. The first-order valence-corrected chi connectivity index (χ1v) is 12.1. The molecule has 0 bridgehead atoms. The fraction of sp³-hybridized carbons (Fsp3) is 0.522. The van der Waals surface area contributed by atoms with Gasteiger partial charge in [0.15, 0.2) is 11.6 Å². The van der Waals surface area contributed by atoms with Crippen LogP contribution in [0.2, 0.25) is 5.02 Å². The van der Waals surface area contributed by atoms with Crippen LogP contribution in [0.1, 0.15) is 41.7 Å². The molecular weight excluding hydrogens is 480 g/mol. The Kier molecular flexibility index (Phi) is 6.62. The first kappa shape index (κ1) is 24.3. The van der Waals surface area contributed by atoms with E-state index in [0.29, 0.717) is 24.8 Å². The number of aromatic nitrogens is 2. The van der Waals surface area contributed by atoms with Crippen molar-refractivity contribution in [3.63, 3.8) is 0 Å². The van der Waals surface area contributed by atoms with E-state index >= 15 is 0 Å². The van der Waals surface area contributed by atoms with Crippen molar-refractivity contribution < 1.29 is 18.3 Å². The molecule has 3 aliphatic rings. The fourth-order valence-electron chi connectivity index (χ4n) is 4.71. The topological polar surface area (TPSA) is 109 Å². The summed E-state index contributed by atoms with van der Waals surface area (Å²) in [6.45, 7) is 2.84. The number of hydrogen-bond donors (Lipinski definition) is 3. The smallest absolute Gasteiger partial charge is 0.259 e. The molecular formula is C23H28ClF2N7O2. The highest BCUT2D eigenvalue weighted by atomic mass is 35.5. The van der Waals surface area contributed by atoms with Crippen molar-refractivity contribution in [2.45, 2.75) is 43.4 Å². The standard InChI is InChI=1S/C23H28ClF2N7O2/c1-32-8-6-13(7-9-32)33-12-23(11-29-33,35-14-2-3-14)20-15(10-28-22(27)31-20)21(34)30-19-16(24)4-5-17(25)18(19)26/h4-5,10,13-14,29H,2-3,6-9,11-12H2,1H3,(H,30,34)(H2,27,28,31). The highest BCUT2D eigenvalue weighted by Gasteiger charge is 2.49. The molecule has 1 amide bonds. The average molecular weight is 508 g/mol. The number of nitrogen functional groups attached to an aromatic ring is 1. The van der Waals surface area contributed by atoms with E-state index in [-0.39, 0.29) is 22.6 Å².